The maximum Gasteiger partial charge on any atom is 0.414 e. The fourth-order valence-corrected chi connectivity index (χ4v) is 3.63. The van der Waals surface area contributed by atoms with E-state index in [4.69, 9.17) is 9.47 Å². The van der Waals surface area contributed by atoms with Crippen molar-refractivity contribution < 1.29 is 32.8 Å². The molecule has 1 aromatic carbocycles. The van der Waals surface area contributed by atoms with Crippen LogP contribution >= 0.6 is 0 Å². The standard InChI is InChI=1S/C20H22FN5O6/c21-16-9-14(26-11-15(32-20(26)29)12-30-18-3-8-31-23-18)1-2-17(16)24-4-6-25(7-5-24)19(28)10-22-13-27/h1-3,8-9,13,15H,4-7,10-12H2,(H,22,27). The highest BCUT2D eigenvalue weighted by Gasteiger charge is 2.33. The first-order chi connectivity index (χ1) is 15.5. The van der Waals surface area contributed by atoms with Gasteiger partial charge in [-0.3, -0.25) is 14.5 Å². The topological polar surface area (TPSA) is 117 Å². The van der Waals surface area contributed by atoms with Gasteiger partial charge in [-0.25, -0.2) is 9.18 Å². The van der Waals surface area contributed by atoms with Crippen LogP contribution in [-0.4, -0.2) is 80.4 Å². The first-order valence-corrected chi connectivity index (χ1v) is 10.1. The molecule has 2 aromatic rings. The number of hydrogen-bond donors (Lipinski definition) is 1. The van der Waals surface area contributed by atoms with Gasteiger partial charge < -0.3 is 29.1 Å². The largest absolute Gasteiger partial charge is 0.471 e. The Labute approximate surface area is 182 Å². The number of anilines is 2. The molecule has 0 saturated carbocycles. The third kappa shape index (κ3) is 4.74. The lowest BCUT2D eigenvalue weighted by Crippen LogP contribution is -2.51. The van der Waals surface area contributed by atoms with E-state index in [0.29, 0.717) is 44.0 Å². The van der Waals surface area contributed by atoms with Crippen molar-refractivity contribution in [2.45, 2.75) is 6.10 Å². The first kappa shape index (κ1) is 21.4. The summed E-state index contributed by atoms with van der Waals surface area (Å²) < 4.78 is 30.2. The molecule has 11 nitrogen and oxygen atoms in total. The number of ether oxygens (including phenoxy) is 2. The Kier molecular flexibility index (Phi) is 6.38. The number of cyclic esters (lactones) is 1. The van der Waals surface area contributed by atoms with E-state index in [-0.39, 0.29) is 31.5 Å². The third-order valence-corrected chi connectivity index (χ3v) is 5.26. The number of hydrogen-bond acceptors (Lipinski definition) is 8. The molecule has 2 aliphatic heterocycles. The summed E-state index contributed by atoms with van der Waals surface area (Å²) >= 11 is 0. The average Bonchev–Trinajstić information content (AvgIpc) is 3.45. The molecule has 1 atom stereocenters. The normalized spacial score (nSPS) is 18.5. The Morgan fingerprint density at radius 3 is 2.78 bits per heavy atom. The highest BCUT2D eigenvalue weighted by atomic mass is 19.1. The average molecular weight is 447 g/mol. The number of nitrogens with zero attached hydrogens (tertiary/aromatic N) is 4. The quantitative estimate of drug-likeness (QED) is 0.585. The minimum absolute atomic E-state index is 0.0525. The summed E-state index contributed by atoms with van der Waals surface area (Å²) in [5.74, 6) is -0.362. The minimum atomic E-state index is -0.582. The second-order valence-electron chi connectivity index (χ2n) is 7.27. The van der Waals surface area contributed by atoms with Crippen molar-refractivity contribution in [3.05, 3.63) is 36.3 Å². The summed E-state index contributed by atoms with van der Waals surface area (Å²) in [5.41, 5.74) is 0.777. The van der Waals surface area contributed by atoms with Crippen LogP contribution < -0.4 is 19.9 Å². The lowest BCUT2D eigenvalue weighted by molar-refractivity contribution is -0.131. The number of amides is 3. The molecule has 1 aromatic heterocycles. The Morgan fingerprint density at radius 2 is 2.09 bits per heavy atom. The Morgan fingerprint density at radius 1 is 1.28 bits per heavy atom. The molecule has 2 saturated heterocycles. The van der Waals surface area contributed by atoms with Crippen LogP contribution in [0.3, 0.4) is 0 Å². The number of rotatable bonds is 8. The van der Waals surface area contributed by atoms with E-state index in [1.807, 2.05) is 4.90 Å². The van der Waals surface area contributed by atoms with Crippen LogP contribution in [-0.2, 0) is 14.3 Å². The van der Waals surface area contributed by atoms with E-state index in [9.17, 15) is 18.8 Å². The van der Waals surface area contributed by atoms with Gasteiger partial charge in [0, 0.05) is 32.2 Å². The van der Waals surface area contributed by atoms with Gasteiger partial charge in [-0.05, 0) is 23.4 Å². The van der Waals surface area contributed by atoms with Crippen molar-refractivity contribution in [3.63, 3.8) is 0 Å². The van der Waals surface area contributed by atoms with Crippen LogP contribution in [0.2, 0.25) is 0 Å². The van der Waals surface area contributed by atoms with Crippen LogP contribution in [0.15, 0.2) is 35.1 Å². The van der Waals surface area contributed by atoms with E-state index in [1.54, 1.807) is 23.1 Å². The molecule has 2 fully saturated rings. The highest BCUT2D eigenvalue weighted by Crippen LogP contribution is 2.28. The molecule has 0 aliphatic carbocycles. The molecule has 32 heavy (non-hydrogen) atoms. The number of aromatic nitrogens is 1. The van der Waals surface area contributed by atoms with Crippen molar-refractivity contribution in [2.75, 3.05) is 55.7 Å². The molecule has 4 rings (SSSR count). The highest BCUT2D eigenvalue weighted by molar-refractivity contribution is 5.90. The summed E-state index contributed by atoms with van der Waals surface area (Å²) in [6, 6.07) is 6.11. The van der Waals surface area contributed by atoms with Crippen LogP contribution in [0.4, 0.5) is 20.6 Å². The molecule has 0 bridgehead atoms. The zero-order valence-corrected chi connectivity index (χ0v) is 17.1. The van der Waals surface area contributed by atoms with Crippen molar-refractivity contribution in [3.8, 4) is 5.88 Å². The fraction of sp³-hybridized carbons (Fsp3) is 0.400. The fourth-order valence-electron chi connectivity index (χ4n) is 3.63. The number of halogens is 1. The summed E-state index contributed by atoms with van der Waals surface area (Å²) in [6.45, 7) is 2.01. The first-order valence-electron chi connectivity index (χ1n) is 10.1. The van der Waals surface area contributed by atoms with Gasteiger partial charge in [0.25, 0.3) is 5.88 Å². The van der Waals surface area contributed by atoms with E-state index in [2.05, 4.69) is 15.0 Å². The Hall–Kier alpha value is -3.83. The van der Waals surface area contributed by atoms with E-state index < -0.39 is 18.0 Å². The summed E-state index contributed by atoms with van der Waals surface area (Å²) in [6.07, 6.45) is 0.742. The molecule has 12 heteroatoms. The summed E-state index contributed by atoms with van der Waals surface area (Å²) in [7, 11) is 0. The smallest absolute Gasteiger partial charge is 0.414 e. The van der Waals surface area contributed by atoms with Gasteiger partial charge in [-0.1, -0.05) is 0 Å². The van der Waals surface area contributed by atoms with Gasteiger partial charge in [0.15, 0.2) is 6.10 Å². The van der Waals surface area contributed by atoms with Crippen LogP contribution in [0, 0.1) is 5.82 Å². The van der Waals surface area contributed by atoms with Gasteiger partial charge in [0.1, 0.15) is 18.7 Å². The zero-order chi connectivity index (χ0) is 22.5. The molecule has 0 spiro atoms. The Bertz CT molecular complexity index is 963. The molecule has 1 N–H and O–H groups in total. The monoisotopic (exact) mass is 447 g/mol. The predicted molar refractivity (Wildman–Crippen MR) is 109 cm³/mol. The van der Waals surface area contributed by atoms with E-state index >= 15 is 0 Å². The molecule has 1 unspecified atom stereocenters. The SMILES string of the molecule is O=CNCC(=O)N1CCN(c2ccc(N3CC(COc4ccon4)OC3=O)cc2F)CC1. The van der Waals surface area contributed by atoms with Crippen molar-refractivity contribution >= 4 is 29.8 Å². The molecular weight excluding hydrogens is 425 g/mol. The van der Waals surface area contributed by atoms with Gasteiger partial charge in [-0.15, -0.1) is 0 Å². The number of nitrogens with one attached hydrogen (secondary N) is 1. The van der Waals surface area contributed by atoms with Gasteiger partial charge in [-0.2, -0.15) is 0 Å². The molecule has 3 amide bonds. The van der Waals surface area contributed by atoms with Gasteiger partial charge in [0.05, 0.1) is 24.5 Å². The summed E-state index contributed by atoms with van der Waals surface area (Å²) in [5, 5.41) is 5.97. The second-order valence-corrected chi connectivity index (χ2v) is 7.27. The molecule has 170 valence electrons. The van der Waals surface area contributed by atoms with Gasteiger partial charge in [0.2, 0.25) is 12.3 Å². The number of carbonyl (C=O) groups excluding carboxylic acids is 3. The van der Waals surface area contributed by atoms with Crippen LogP contribution in [0.25, 0.3) is 0 Å². The van der Waals surface area contributed by atoms with Crippen LogP contribution in [0.1, 0.15) is 0 Å². The number of carbonyl (C=O) groups is 3. The van der Waals surface area contributed by atoms with Crippen LogP contribution in [0.5, 0.6) is 5.88 Å². The Balaban J connectivity index is 1.34. The van der Waals surface area contributed by atoms with Gasteiger partial charge >= 0.3 is 6.09 Å². The lowest BCUT2D eigenvalue weighted by atomic mass is 10.2. The zero-order valence-electron chi connectivity index (χ0n) is 17.1. The van der Waals surface area contributed by atoms with Crippen molar-refractivity contribution in [2.24, 2.45) is 0 Å². The van der Waals surface area contributed by atoms with Crippen molar-refractivity contribution in [1.29, 1.82) is 0 Å². The number of benzene rings is 1. The minimum Gasteiger partial charge on any atom is -0.471 e. The molecular formula is C20H22FN5O6. The maximum absolute atomic E-state index is 14.9. The molecule has 2 aliphatic rings. The summed E-state index contributed by atoms with van der Waals surface area (Å²) in [4.78, 5) is 39.4. The van der Waals surface area contributed by atoms with E-state index in [0.717, 1.165) is 0 Å². The predicted octanol–water partition coefficient (Wildman–Crippen LogP) is 0.612. The molecule has 0 radical (unpaired) electrons. The number of piperazine rings is 1. The third-order valence-electron chi connectivity index (χ3n) is 5.26. The lowest BCUT2D eigenvalue weighted by Gasteiger charge is -2.36. The van der Waals surface area contributed by atoms with Crippen molar-refractivity contribution in [1.82, 2.24) is 15.4 Å². The van der Waals surface area contributed by atoms with E-state index in [1.165, 1.54) is 17.2 Å². The second kappa shape index (κ2) is 9.54. The molecule has 3 heterocycles. The maximum atomic E-state index is 14.9.